The summed E-state index contributed by atoms with van der Waals surface area (Å²) in [6.45, 7) is 0. The van der Waals surface area contributed by atoms with Crippen LogP contribution in [0.3, 0.4) is 0 Å². The Morgan fingerprint density at radius 2 is 2.15 bits per heavy atom. The molecule has 0 spiro atoms. The third kappa shape index (κ3) is 2.39. The van der Waals surface area contributed by atoms with Crippen molar-refractivity contribution in [3.63, 3.8) is 0 Å². The average molecular weight is 216 g/mol. The molecule has 0 radical (unpaired) electrons. The summed E-state index contributed by atoms with van der Waals surface area (Å²) in [7, 11) is 0. The summed E-state index contributed by atoms with van der Waals surface area (Å²) in [5, 5.41) is -0.356. The minimum Gasteiger partial charge on any atom is -0.276 e. The molecule has 0 amide bonds. The van der Waals surface area contributed by atoms with Crippen LogP contribution in [-0.4, -0.2) is 11.3 Å². The van der Waals surface area contributed by atoms with Gasteiger partial charge < -0.3 is 0 Å². The second-order valence-electron chi connectivity index (χ2n) is 2.14. The summed E-state index contributed by atoms with van der Waals surface area (Å²) in [5.41, 5.74) is 0.261. The first kappa shape index (κ1) is 9.93. The van der Waals surface area contributed by atoms with Gasteiger partial charge in [0.15, 0.2) is 0 Å². The summed E-state index contributed by atoms with van der Waals surface area (Å²) in [6, 6.07) is 4.26. The third-order valence-electron chi connectivity index (χ3n) is 1.34. The summed E-state index contributed by atoms with van der Waals surface area (Å²) in [4.78, 5) is 24.1. The first-order valence-electron chi connectivity index (χ1n) is 3.22. The quantitative estimate of drug-likeness (QED) is 0.433. The molecule has 3 nitrogen and oxygen atoms in total. The van der Waals surface area contributed by atoms with Crippen LogP contribution in [0.4, 0.5) is 5.69 Å². The van der Waals surface area contributed by atoms with Gasteiger partial charge in [-0.3, -0.25) is 4.79 Å². The van der Waals surface area contributed by atoms with E-state index in [2.05, 4.69) is 4.99 Å². The van der Waals surface area contributed by atoms with Crippen molar-refractivity contribution in [3.8, 4) is 0 Å². The molecule has 0 bridgehead atoms. The van der Waals surface area contributed by atoms with Crippen molar-refractivity contribution in [2.75, 3.05) is 0 Å². The van der Waals surface area contributed by atoms with Crippen LogP contribution in [0, 0.1) is 0 Å². The zero-order valence-electron chi connectivity index (χ0n) is 6.25. The Kier molecular flexibility index (Phi) is 3.20. The van der Waals surface area contributed by atoms with E-state index in [1.165, 1.54) is 24.3 Å². The molecule has 13 heavy (non-hydrogen) atoms. The second kappa shape index (κ2) is 4.19. The van der Waals surface area contributed by atoms with Crippen molar-refractivity contribution in [2.45, 2.75) is 0 Å². The standard InChI is InChI=1S/C8H3Cl2NO2/c9-5-1-2-7(11-4-12)6(3-5)8(10)13/h1-3H. The van der Waals surface area contributed by atoms with Crippen LogP contribution in [0.25, 0.3) is 0 Å². The van der Waals surface area contributed by atoms with E-state index in [1.807, 2.05) is 0 Å². The minimum atomic E-state index is -0.712. The molecular weight excluding hydrogens is 213 g/mol. The topological polar surface area (TPSA) is 46.5 Å². The number of halogens is 2. The second-order valence-corrected chi connectivity index (χ2v) is 2.92. The molecule has 0 saturated carbocycles. The maximum Gasteiger partial charge on any atom is 0.254 e. The fourth-order valence-electron chi connectivity index (χ4n) is 0.812. The number of hydrogen-bond donors (Lipinski definition) is 0. The summed E-state index contributed by atoms with van der Waals surface area (Å²) in [5.74, 6) is 0. The lowest BCUT2D eigenvalue weighted by Gasteiger charge is -1.98. The predicted molar refractivity (Wildman–Crippen MR) is 49.4 cm³/mol. The summed E-state index contributed by atoms with van der Waals surface area (Å²) >= 11 is 10.8. The first-order chi connectivity index (χ1) is 6.15. The fourth-order valence-corrected chi connectivity index (χ4v) is 1.14. The normalized spacial score (nSPS) is 9.08. The smallest absolute Gasteiger partial charge is 0.254 e. The van der Waals surface area contributed by atoms with Gasteiger partial charge in [-0.15, -0.1) is 0 Å². The highest BCUT2D eigenvalue weighted by molar-refractivity contribution is 6.68. The molecule has 0 aliphatic rings. The SMILES string of the molecule is O=C=Nc1ccc(Cl)cc1C(=O)Cl. The third-order valence-corrected chi connectivity index (χ3v) is 1.78. The van der Waals surface area contributed by atoms with E-state index < -0.39 is 5.24 Å². The Balaban J connectivity index is 3.34. The monoisotopic (exact) mass is 215 g/mol. The highest BCUT2D eigenvalue weighted by Crippen LogP contribution is 2.24. The van der Waals surface area contributed by atoms with Gasteiger partial charge in [0, 0.05) is 5.02 Å². The van der Waals surface area contributed by atoms with E-state index in [-0.39, 0.29) is 11.3 Å². The Morgan fingerprint density at radius 3 is 2.69 bits per heavy atom. The summed E-state index contributed by atoms with van der Waals surface area (Å²) in [6.07, 6.45) is 1.32. The lowest BCUT2D eigenvalue weighted by molar-refractivity contribution is 0.108. The van der Waals surface area contributed by atoms with Gasteiger partial charge in [-0.05, 0) is 29.8 Å². The lowest BCUT2D eigenvalue weighted by atomic mass is 10.2. The molecule has 0 heterocycles. The van der Waals surface area contributed by atoms with E-state index in [0.717, 1.165) is 0 Å². The maximum atomic E-state index is 10.8. The Bertz CT molecular complexity index is 397. The molecule has 0 fully saturated rings. The average Bonchev–Trinajstić information content (AvgIpc) is 2.08. The van der Waals surface area contributed by atoms with Crippen molar-refractivity contribution in [1.82, 2.24) is 0 Å². The maximum absolute atomic E-state index is 10.8. The van der Waals surface area contributed by atoms with Gasteiger partial charge in [0.05, 0.1) is 11.3 Å². The van der Waals surface area contributed by atoms with Crippen molar-refractivity contribution in [3.05, 3.63) is 28.8 Å². The van der Waals surface area contributed by atoms with Crippen LogP contribution in [0.15, 0.2) is 23.2 Å². The van der Waals surface area contributed by atoms with Gasteiger partial charge in [-0.2, -0.15) is 4.99 Å². The van der Waals surface area contributed by atoms with Crippen molar-refractivity contribution >= 4 is 40.2 Å². The molecule has 1 rings (SSSR count). The van der Waals surface area contributed by atoms with Crippen LogP contribution in [0.5, 0.6) is 0 Å². The van der Waals surface area contributed by atoms with E-state index in [9.17, 15) is 9.59 Å². The van der Waals surface area contributed by atoms with Crippen LogP contribution < -0.4 is 0 Å². The summed E-state index contributed by atoms with van der Waals surface area (Å²) < 4.78 is 0. The molecule has 5 heteroatoms. The number of rotatable bonds is 2. The number of aliphatic imine (C=N–C) groups is 1. The van der Waals surface area contributed by atoms with Gasteiger partial charge in [-0.25, -0.2) is 4.79 Å². The zero-order valence-corrected chi connectivity index (χ0v) is 7.76. The predicted octanol–water partition coefficient (Wildman–Crippen LogP) is 2.69. The Hall–Kier alpha value is -1.15. The van der Waals surface area contributed by atoms with Gasteiger partial charge >= 0.3 is 0 Å². The molecule has 1 aromatic carbocycles. The number of nitrogens with zero attached hydrogens (tertiary/aromatic N) is 1. The molecular formula is C8H3Cl2NO2. The molecule has 0 aliphatic heterocycles. The number of carbonyl (C=O) groups excluding carboxylic acids is 2. The van der Waals surface area contributed by atoms with Crippen molar-refractivity contribution in [2.24, 2.45) is 4.99 Å². The van der Waals surface area contributed by atoms with Gasteiger partial charge in [-0.1, -0.05) is 11.6 Å². The number of benzene rings is 1. The van der Waals surface area contributed by atoms with E-state index in [0.29, 0.717) is 5.02 Å². The number of hydrogen-bond acceptors (Lipinski definition) is 3. The number of isocyanates is 1. The molecule has 66 valence electrons. The molecule has 0 N–H and O–H groups in total. The molecule has 0 aromatic heterocycles. The van der Waals surface area contributed by atoms with Crippen LogP contribution in [0.1, 0.15) is 10.4 Å². The van der Waals surface area contributed by atoms with Gasteiger partial charge in [0.25, 0.3) is 5.24 Å². The van der Waals surface area contributed by atoms with Gasteiger partial charge in [0.2, 0.25) is 6.08 Å². The Morgan fingerprint density at radius 1 is 1.46 bits per heavy atom. The van der Waals surface area contributed by atoms with Gasteiger partial charge in [0.1, 0.15) is 0 Å². The van der Waals surface area contributed by atoms with E-state index in [1.54, 1.807) is 0 Å². The molecule has 0 atom stereocenters. The molecule has 1 aromatic rings. The molecule has 0 aliphatic carbocycles. The van der Waals surface area contributed by atoms with E-state index >= 15 is 0 Å². The van der Waals surface area contributed by atoms with Crippen molar-refractivity contribution < 1.29 is 9.59 Å². The highest BCUT2D eigenvalue weighted by Gasteiger charge is 2.08. The zero-order chi connectivity index (χ0) is 9.84. The lowest BCUT2D eigenvalue weighted by Crippen LogP contribution is -1.88. The highest BCUT2D eigenvalue weighted by atomic mass is 35.5. The van der Waals surface area contributed by atoms with Crippen molar-refractivity contribution in [1.29, 1.82) is 0 Å². The fraction of sp³-hybridized carbons (Fsp3) is 0. The number of carbonyl (C=O) groups is 1. The van der Waals surface area contributed by atoms with Crippen LogP contribution in [-0.2, 0) is 4.79 Å². The van der Waals surface area contributed by atoms with Crippen LogP contribution in [0.2, 0.25) is 5.02 Å². The Labute approximate surface area is 84.0 Å². The van der Waals surface area contributed by atoms with Crippen LogP contribution >= 0.6 is 23.2 Å². The molecule has 0 saturated heterocycles. The molecule has 0 unspecified atom stereocenters. The van der Waals surface area contributed by atoms with E-state index in [4.69, 9.17) is 23.2 Å². The first-order valence-corrected chi connectivity index (χ1v) is 3.98. The minimum absolute atomic E-state index is 0.0949. The largest absolute Gasteiger partial charge is 0.276 e.